The summed E-state index contributed by atoms with van der Waals surface area (Å²) >= 11 is 6.63. The Morgan fingerprint density at radius 2 is 2.10 bits per heavy atom. The van der Waals surface area contributed by atoms with Crippen molar-refractivity contribution in [2.45, 2.75) is 17.9 Å². The van der Waals surface area contributed by atoms with E-state index in [2.05, 4.69) is 31.9 Å². The fourth-order valence-corrected chi connectivity index (χ4v) is 4.95. The van der Waals surface area contributed by atoms with Gasteiger partial charge in [-0.2, -0.15) is 9.57 Å². The van der Waals surface area contributed by atoms with Gasteiger partial charge in [0.05, 0.1) is 24.1 Å². The van der Waals surface area contributed by atoms with Crippen molar-refractivity contribution in [2.75, 3.05) is 19.7 Å². The monoisotopic (exact) mass is 422 g/mol. The highest BCUT2D eigenvalue weighted by molar-refractivity contribution is 9.11. The first-order valence-corrected chi connectivity index (χ1v) is 8.86. The molecule has 1 aromatic rings. The fraction of sp³-hybridized carbons (Fsp3) is 0.417. The molecule has 0 amide bonds. The molecule has 0 bridgehead atoms. The summed E-state index contributed by atoms with van der Waals surface area (Å²) in [6.45, 7) is 2.41. The molecule has 0 spiro atoms. The number of hydrogen-bond acceptors (Lipinski definition) is 4. The Bertz CT molecular complexity index is 670. The second-order valence-corrected chi connectivity index (χ2v) is 8.00. The first kappa shape index (κ1) is 15.9. The Hall–Kier alpha value is -0.460. The third kappa shape index (κ3) is 3.07. The number of rotatable bonds is 2. The lowest BCUT2D eigenvalue weighted by Crippen LogP contribution is -2.45. The number of benzene rings is 1. The van der Waals surface area contributed by atoms with Gasteiger partial charge in [0.2, 0.25) is 10.0 Å². The zero-order chi connectivity index (χ0) is 14.9. The van der Waals surface area contributed by atoms with Gasteiger partial charge in [0.1, 0.15) is 0 Å². The summed E-state index contributed by atoms with van der Waals surface area (Å²) < 4.78 is 33.0. The van der Waals surface area contributed by atoms with Gasteiger partial charge in [0.25, 0.3) is 0 Å². The minimum Gasteiger partial charge on any atom is -0.361 e. The van der Waals surface area contributed by atoms with E-state index in [-0.39, 0.29) is 24.6 Å². The van der Waals surface area contributed by atoms with Crippen LogP contribution in [0.5, 0.6) is 0 Å². The average molecular weight is 424 g/mol. The van der Waals surface area contributed by atoms with Crippen LogP contribution < -0.4 is 0 Å². The topological polar surface area (TPSA) is 70.4 Å². The molecule has 2 rings (SSSR count). The van der Waals surface area contributed by atoms with Crippen molar-refractivity contribution in [3.05, 3.63) is 26.6 Å². The molecule has 1 aromatic carbocycles. The molecule has 1 aliphatic rings. The molecule has 1 fully saturated rings. The summed E-state index contributed by atoms with van der Waals surface area (Å²) in [5.41, 5.74) is 0.938. The zero-order valence-corrected chi connectivity index (χ0v) is 14.6. The molecular formula is C12H12Br2N2O3S. The predicted octanol–water partition coefficient (Wildman–Crippen LogP) is 2.43. The van der Waals surface area contributed by atoms with Crippen molar-refractivity contribution in [1.29, 1.82) is 5.26 Å². The fourth-order valence-electron chi connectivity index (χ4n) is 1.89. The van der Waals surface area contributed by atoms with E-state index < -0.39 is 16.1 Å². The first-order valence-electron chi connectivity index (χ1n) is 5.83. The van der Waals surface area contributed by atoms with E-state index in [0.29, 0.717) is 4.47 Å². The van der Waals surface area contributed by atoms with Crippen molar-refractivity contribution < 1.29 is 13.2 Å². The summed E-state index contributed by atoms with van der Waals surface area (Å²) in [4.78, 5) is 0.188. The van der Waals surface area contributed by atoms with Crippen LogP contribution in [0.2, 0.25) is 0 Å². The summed E-state index contributed by atoms with van der Waals surface area (Å²) in [6.07, 6.45) is -0.716. The van der Waals surface area contributed by atoms with Gasteiger partial charge in [0.15, 0.2) is 6.10 Å². The lowest BCUT2D eigenvalue weighted by molar-refractivity contribution is 0.0311. The van der Waals surface area contributed by atoms with Crippen molar-refractivity contribution in [3.63, 3.8) is 0 Å². The second-order valence-electron chi connectivity index (χ2n) is 4.38. The van der Waals surface area contributed by atoms with Crippen LogP contribution in [0.15, 0.2) is 26.0 Å². The number of morpholine rings is 1. The summed E-state index contributed by atoms with van der Waals surface area (Å²) in [5, 5.41) is 8.87. The minimum absolute atomic E-state index is 0.0524. The van der Waals surface area contributed by atoms with E-state index in [9.17, 15) is 8.42 Å². The Balaban J connectivity index is 2.40. The SMILES string of the molecule is Cc1cc(Br)c(S(=O)(=O)N2CCOC(C#N)C2)cc1Br. The van der Waals surface area contributed by atoms with Crippen molar-refractivity contribution in [3.8, 4) is 6.07 Å². The highest BCUT2D eigenvalue weighted by Crippen LogP contribution is 2.31. The molecule has 1 saturated heterocycles. The Morgan fingerprint density at radius 3 is 2.75 bits per heavy atom. The lowest BCUT2D eigenvalue weighted by atomic mass is 10.2. The average Bonchev–Trinajstić information content (AvgIpc) is 2.42. The number of sulfonamides is 1. The van der Waals surface area contributed by atoms with Crippen LogP contribution in [-0.4, -0.2) is 38.5 Å². The maximum Gasteiger partial charge on any atom is 0.244 e. The number of ether oxygens (including phenoxy) is 1. The quantitative estimate of drug-likeness (QED) is 0.732. The molecule has 0 aliphatic carbocycles. The number of hydrogen-bond donors (Lipinski definition) is 0. The van der Waals surface area contributed by atoms with E-state index in [1.807, 2.05) is 13.0 Å². The van der Waals surface area contributed by atoms with Crippen molar-refractivity contribution in [2.24, 2.45) is 0 Å². The molecule has 5 nitrogen and oxygen atoms in total. The highest BCUT2D eigenvalue weighted by Gasteiger charge is 2.32. The zero-order valence-electron chi connectivity index (χ0n) is 10.6. The Kier molecular flexibility index (Phi) is 4.87. The third-order valence-corrected chi connectivity index (χ3v) is 6.68. The molecule has 20 heavy (non-hydrogen) atoms. The van der Waals surface area contributed by atoms with E-state index in [4.69, 9.17) is 10.00 Å². The van der Waals surface area contributed by atoms with Gasteiger partial charge < -0.3 is 4.74 Å². The van der Waals surface area contributed by atoms with Gasteiger partial charge in [-0.05, 0) is 40.5 Å². The largest absolute Gasteiger partial charge is 0.361 e. The Morgan fingerprint density at radius 1 is 1.40 bits per heavy atom. The molecule has 1 aliphatic heterocycles. The van der Waals surface area contributed by atoms with Gasteiger partial charge in [-0.15, -0.1) is 0 Å². The van der Waals surface area contributed by atoms with Crippen LogP contribution in [0, 0.1) is 18.3 Å². The van der Waals surface area contributed by atoms with Gasteiger partial charge in [0, 0.05) is 15.5 Å². The smallest absolute Gasteiger partial charge is 0.244 e. The van der Waals surface area contributed by atoms with Crippen LogP contribution in [0.25, 0.3) is 0 Å². The maximum absolute atomic E-state index is 12.6. The van der Waals surface area contributed by atoms with Crippen molar-refractivity contribution in [1.82, 2.24) is 4.31 Å². The summed E-state index contributed by atoms with van der Waals surface area (Å²) in [7, 11) is -3.65. The second kappa shape index (κ2) is 6.12. The van der Waals surface area contributed by atoms with Gasteiger partial charge in [-0.25, -0.2) is 8.42 Å². The number of halogens is 2. The summed E-state index contributed by atoms with van der Waals surface area (Å²) in [6, 6.07) is 5.27. The van der Waals surface area contributed by atoms with Crippen LogP contribution >= 0.6 is 31.9 Å². The van der Waals surface area contributed by atoms with E-state index in [1.54, 1.807) is 12.1 Å². The summed E-state index contributed by atoms with van der Waals surface area (Å²) in [5.74, 6) is 0. The van der Waals surface area contributed by atoms with E-state index in [1.165, 1.54) is 4.31 Å². The van der Waals surface area contributed by atoms with Crippen LogP contribution in [-0.2, 0) is 14.8 Å². The molecule has 0 N–H and O–H groups in total. The molecule has 1 atom stereocenters. The molecule has 8 heteroatoms. The normalized spacial score (nSPS) is 20.6. The predicted molar refractivity (Wildman–Crippen MR) is 80.7 cm³/mol. The van der Waals surface area contributed by atoms with Crippen LogP contribution in [0.4, 0.5) is 0 Å². The molecule has 108 valence electrons. The van der Waals surface area contributed by atoms with Crippen molar-refractivity contribution >= 4 is 41.9 Å². The third-order valence-electron chi connectivity index (χ3n) is 3.00. The van der Waals surface area contributed by atoms with E-state index in [0.717, 1.165) is 10.0 Å². The minimum atomic E-state index is -3.65. The lowest BCUT2D eigenvalue weighted by Gasteiger charge is -2.29. The molecule has 1 heterocycles. The number of nitrogens with zero attached hydrogens (tertiary/aromatic N) is 2. The van der Waals surface area contributed by atoms with Gasteiger partial charge in [-0.1, -0.05) is 15.9 Å². The molecule has 0 radical (unpaired) electrons. The maximum atomic E-state index is 12.6. The van der Waals surface area contributed by atoms with Crippen LogP contribution in [0.1, 0.15) is 5.56 Å². The van der Waals surface area contributed by atoms with Gasteiger partial charge in [-0.3, -0.25) is 0 Å². The number of aryl methyl sites for hydroxylation is 1. The van der Waals surface area contributed by atoms with Crippen LogP contribution in [0.3, 0.4) is 0 Å². The standard InChI is InChI=1S/C12H12Br2N2O3S/c1-8-4-11(14)12(5-10(8)13)20(17,18)16-2-3-19-9(6-15)7-16/h4-5,9H,2-3,7H2,1H3. The molecule has 1 unspecified atom stereocenters. The molecule has 0 aromatic heterocycles. The van der Waals surface area contributed by atoms with Gasteiger partial charge >= 0.3 is 0 Å². The first-order chi connectivity index (χ1) is 9.36. The molecular weight excluding hydrogens is 412 g/mol. The highest BCUT2D eigenvalue weighted by atomic mass is 79.9. The number of nitriles is 1. The van der Waals surface area contributed by atoms with E-state index >= 15 is 0 Å². The molecule has 0 saturated carbocycles. The Labute approximate surface area is 134 Å².